The van der Waals surface area contributed by atoms with Crippen molar-refractivity contribution in [1.82, 2.24) is 0 Å². The standard InChI is InChI=1S/C11H22O2/c1-3-4-5-8-11(12)9-6-7-10(2)13-11/h10,12H,3-9H2,1-2H3/t10-,11?/m0/s1. The SMILES string of the molecule is CCCCCC1(O)CCC[C@H](C)O1. The number of aliphatic hydroxyl groups is 1. The van der Waals surface area contributed by atoms with Crippen LogP contribution in [0.1, 0.15) is 58.8 Å². The number of hydrogen-bond acceptors (Lipinski definition) is 2. The van der Waals surface area contributed by atoms with Crippen LogP contribution in [-0.4, -0.2) is 17.0 Å². The summed E-state index contributed by atoms with van der Waals surface area (Å²) in [5.74, 6) is -0.799. The van der Waals surface area contributed by atoms with Gasteiger partial charge in [-0.25, -0.2) is 0 Å². The van der Waals surface area contributed by atoms with Crippen molar-refractivity contribution in [3.05, 3.63) is 0 Å². The van der Waals surface area contributed by atoms with Crippen LogP contribution in [0, 0.1) is 0 Å². The van der Waals surface area contributed by atoms with E-state index in [0.29, 0.717) is 0 Å². The Bertz CT molecular complexity index is 147. The van der Waals surface area contributed by atoms with E-state index in [9.17, 15) is 5.11 Å². The molecule has 2 heteroatoms. The third-order valence-corrected chi connectivity index (χ3v) is 2.77. The molecule has 1 rings (SSSR count). The summed E-state index contributed by atoms with van der Waals surface area (Å²) in [6, 6.07) is 0. The van der Waals surface area contributed by atoms with E-state index < -0.39 is 5.79 Å². The first-order chi connectivity index (χ1) is 6.16. The van der Waals surface area contributed by atoms with Crippen LogP contribution in [0.2, 0.25) is 0 Å². The molecule has 0 spiro atoms. The predicted octanol–water partition coefficient (Wildman–Crippen LogP) is 2.84. The summed E-state index contributed by atoms with van der Waals surface area (Å²) in [4.78, 5) is 0. The highest BCUT2D eigenvalue weighted by molar-refractivity contribution is 4.74. The maximum Gasteiger partial charge on any atom is 0.165 e. The average Bonchev–Trinajstić information content (AvgIpc) is 2.04. The highest BCUT2D eigenvalue weighted by Gasteiger charge is 2.32. The van der Waals surface area contributed by atoms with Crippen molar-refractivity contribution in [3.63, 3.8) is 0 Å². The lowest BCUT2D eigenvalue weighted by Gasteiger charge is -2.36. The minimum Gasteiger partial charge on any atom is -0.365 e. The van der Waals surface area contributed by atoms with Gasteiger partial charge in [-0.1, -0.05) is 19.8 Å². The summed E-state index contributed by atoms with van der Waals surface area (Å²) in [6.45, 7) is 4.22. The van der Waals surface area contributed by atoms with Crippen molar-refractivity contribution < 1.29 is 9.84 Å². The van der Waals surface area contributed by atoms with Gasteiger partial charge in [0.15, 0.2) is 5.79 Å². The molecule has 1 aliphatic rings. The van der Waals surface area contributed by atoms with Crippen LogP contribution in [0.3, 0.4) is 0 Å². The van der Waals surface area contributed by atoms with Gasteiger partial charge in [0, 0.05) is 12.8 Å². The van der Waals surface area contributed by atoms with Crippen molar-refractivity contribution in [2.75, 3.05) is 0 Å². The average molecular weight is 186 g/mol. The molecule has 0 saturated carbocycles. The van der Waals surface area contributed by atoms with Gasteiger partial charge in [0.2, 0.25) is 0 Å². The summed E-state index contributed by atoms with van der Waals surface area (Å²) in [5, 5.41) is 10.0. The Morgan fingerprint density at radius 2 is 2.23 bits per heavy atom. The fraction of sp³-hybridized carbons (Fsp3) is 1.00. The Kier molecular flexibility index (Phi) is 4.20. The lowest BCUT2D eigenvalue weighted by Crippen LogP contribution is -2.39. The second kappa shape index (κ2) is 4.97. The molecule has 2 nitrogen and oxygen atoms in total. The molecule has 1 saturated heterocycles. The van der Waals surface area contributed by atoms with Crippen molar-refractivity contribution >= 4 is 0 Å². The van der Waals surface area contributed by atoms with Gasteiger partial charge in [0.1, 0.15) is 0 Å². The fourth-order valence-electron chi connectivity index (χ4n) is 1.99. The van der Waals surface area contributed by atoms with Crippen LogP contribution >= 0.6 is 0 Å². The molecular formula is C11H22O2. The molecule has 2 atom stereocenters. The van der Waals surface area contributed by atoms with Crippen molar-refractivity contribution in [2.45, 2.75) is 70.7 Å². The third kappa shape index (κ3) is 3.65. The number of rotatable bonds is 4. The first-order valence-electron chi connectivity index (χ1n) is 5.56. The van der Waals surface area contributed by atoms with Gasteiger partial charge in [-0.3, -0.25) is 0 Å². The van der Waals surface area contributed by atoms with Crippen LogP contribution in [0.5, 0.6) is 0 Å². The van der Waals surface area contributed by atoms with E-state index in [1.165, 1.54) is 12.8 Å². The Balaban J connectivity index is 2.27. The van der Waals surface area contributed by atoms with Crippen molar-refractivity contribution in [1.29, 1.82) is 0 Å². The Labute approximate surface area is 81.3 Å². The Morgan fingerprint density at radius 1 is 1.46 bits per heavy atom. The van der Waals surface area contributed by atoms with Gasteiger partial charge >= 0.3 is 0 Å². The molecule has 1 N–H and O–H groups in total. The summed E-state index contributed by atoms with van der Waals surface area (Å²) in [6.07, 6.45) is 7.54. The highest BCUT2D eigenvalue weighted by Crippen LogP contribution is 2.30. The molecule has 0 aromatic rings. The smallest absolute Gasteiger partial charge is 0.165 e. The minimum atomic E-state index is -0.799. The zero-order chi connectivity index (χ0) is 9.73. The second-order valence-corrected chi connectivity index (χ2v) is 4.22. The summed E-state index contributed by atoms with van der Waals surface area (Å²) in [5.41, 5.74) is 0. The monoisotopic (exact) mass is 186 g/mol. The van der Waals surface area contributed by atoms with Gasteiger partial charge in [0.25, 0.3) is 0 Å². The number of ether oxygens (including phenoxy) is 1. The summed E-state index contributed by atoms with van der Waals surface area (Å²) >= 11 is 0. The molecule has 78 valence electrons. The molecule has 0 radical (unpaired) electrons. The fourth-order valence-corrected chi connectivity index (χ4v) is 1.99. The zero-order valence-electron chi connectivity index (χ0n) is 8.88. The molecule has 1 aliphatic heterocycles. The van der Waals surface area contributed by atoms with E-state index in [2.05, 4.69) is 6.92 Å². The van der Waals surface area contributed by atoms with Crippen molar-refractivity contribution in [2.24, 2.45) is 0 Å². The quantitative estimate of drug-likeness (QED) is 0.684. The topological polar surface area (TPSA) is 29.5 Å². The molecular weight excluding hydrogens is 164 g/mol. The van der Waals surface area contributed by atoms with Gasteiger partial charge in [-0.2, -0.15) is 0 Å². The van der Waals surface area contributed by atoms with Gasteiger partial charge in [0.05, 0.1) is 6.10 Å². The van der Waals surface area contributed by atoms with Crippen LogP contribution in [0.15, 0.2) is 0 Å². The molecule has 1 heterocycles. The maximum absolute atomic E-state index is 10.0. The van der Waals surface area contributed by atoms with E-state index in [1.54, 1.807) is 0 Å². The van der Waals surface area contributed by atoms with Gasteiger partial charge in [-0.15, -0.1) is 0 Å². The molecule has 1 fully saturated rings. The van der Waals surface area contributed by atoms with Crippen LogP contribution in [0.4, 0.5) is 0 Å². The lowest BCUT2D eigenvalue weighted by molar-refractivity contribution is -0.253. The minimum absolute atomic E-state index is 0.236. The molecule has 0 bridgehead atoms. The van der Waals surface area contributed by atoms with Gasteiger partial charge in [-0.05, 0) is 26.2 Å². The van der Waals surface area contributed by atoms with E-state index >= 15 is 0 Å². The number of hydrogen-bond donors (Lipinski definition) is 1. The van der Waals surface area contributed by atoms with E-state index in [1.807, 2.05) is 6.92 Å². The molecule has 0 aromatic carbocycles. The lowest BCUT2D eigenvalue weighted by atomic mass is 9.97. The zero-order valence-corrected chi connectivity index (χ0v) is 8.88. The predicted molar refractivity (Wildman–Crippen MR) is 53.5 cm³/mol. The first kappa shape index (κ1) is 11.0. The normalized spacial score (nSPS) is 34.8. The van der Waals surface area contributed by atoms with Crippen LogP contribution < -0.4 is 0 Å². The second-order valence-electron chi connectivity index (χ2n) is 4.22. The summed E-state index contributed by atoms with van der Waals surface area (Å²) in [7, 11) is 0. The van der Waals surface area contributed by atoms with E-state index in [4.69, 9.17) is 4.74 Å². The van der Waals surface area contributed by atoms with E-state index in [-0.39, 0.29) is 6.10 Å². The van der Waals surface area contributed by atoms with Crippen LogP contribution in [0.25, 0.3) is 0 Å². The molecule has 0 aliphatic carbocycles. The maximum atomic E-state index is 10.0. The summed E-state index contributed by atoms with van der Waals surface area (Å²) < 4.78 is 5.58. The number of unbranched alkanes of at least 4 members (excludes halogenated alkanes) is 2. The van der Waals surface area contributed by atoms with Crippen LogP contribution in [-0.2, 0) is 4.74 Å². The Morgan fingerprint density at radius 3 is 2.85 bits per heavy atom. The Hall–Kier alpha value is -0.0800. The highest BCUT2D eigenvalue weighted by atomic mass is 16.6. The third-order valence-electron chi connectivity index (χ3n) is 2.77. The first-order valence-corrected chi connectivity index (χ1v) is 5.56. The van der Waals surface area contributed by atoms with Crippen molar-refractivity contribution in [3.8, 4) is 0 Å². The molecule has 0 aromatic heterocycles. The molecule has 13 heavy (non-hydrogen) atoms. The molecule has 0 amide bonds. The molecule has 1 unspecified atom stereocenters. The van der Waals surface area contributed by atoms with Gasteiger partial charge < -0.3 is 9.84 Å². The largest absolute Gasteiger partial charge is 0.365 e. The van der Waals surface area contributed by atoms with E-state index in [0.717, 1.165) is 32.1 Å².